The molecule has 0 radical (unpaired) electrons. The molecule has 1 rings (SSSR count). The molecule has 16 heavy (non-hydrogen) atoms. The van der Waals surface area contributed by atoms with Crippen molar-refractivity contribution in [2.45, 2.75) is 6.36 Å². The zero-order chi connectivity index (χ0) is 12.3. The summed E-state index contributed by atoms with van der Waals surface area (Å²) >= 11 is 0. The van der Waals surface area contributed by atoms with E-state index in [1.165, 1.54) is 12.1 Å². The molecule has 0 unspecified atom stereocenters. The van der Waals surface area contributed by atoms with Gasteiger partial charge in [-0.25, -0.2) is 0 Å². The molecule has 0 fully saturated rings. The molecule has 0 saturated heterocycles. The summed E-state index contributed by atoms with van der Waals surface area (Å²) in [6.45, 7) is 3.35. The van der Waals surface area contributed by atoms with E-state index in [-0.39, 0.29) is 11.1 Å². The Bertz CT molecular complexity index is 426. The minimum Gasteiger partial charge on any atom is -0.406 e. The second-order valence-corrected chi connectivity index (χ2v) is 2.92. The van der Waals surface area contributed by atoms with Crippen LogP contribution < -0.4 is 10.5 Å². The Morgan fingerprint density at radius 1 is 1.38 bits per heavy atom. The van der Waals surface area contributed by atoms with E-state index in [4.69, 9.17) is 5.73 Å². The highest BCUT2D eigenvalue weighted by molar-refractivity contribution is 6.17. The van der Waals surface area contributed by atoms with Crippen molar-refractivity contribution in [3.63, 3.8) is 0 Å². The quantitative estimate of drug-likeness (QED) is 0.809. The Morgan fingerprint density at radius 2 is 2.00 bits per heavy atom. The van der Waals surface area contributed by atoms with Gasteiger partial charge in [-0.3, -0.25) is 4.79 Å². The van der Waals surface area contributed by atoms with Crippen LogP contribution in [0.5, 0.6) is 5.75 Å². The summed E-state index contributed by atoms with van der Waals surface area (Å²) in [6, 6.07) is 4.88. The van der Waals surface area contributed by atoms with E-state index in [0.717, 1.165) is 12.1 Å². The lowest BCUT2D eigenvalue weighted by molar-refractivity contribution is -0.274. The molecule has 86 valence electrons. The number of amides is 1. The van der Waals surface area contributed by atoms with Crippen molar-refractivity contribution in [3.05, 3.63) is 36.4 Å². The second kappa shape index (κ2) is 4.26. The third-order valence-corrected chi connectivity index (χ3v) is 1.71. The average molecular weight is 231 g/mol. The molecular weight excluding hydrogens is 223 g/mol. The SMILES string of the molecule is C=C(C(N)=O)c1cccc(OC(F)(F)F)c1. The lowest BCUT2D eigenvalue weighted by atomic mass is 10.1. The van der Waals surface area contributed by atoms with Crippen LogP contribution in [-0.4, -0.2) is 12.3 Å². The van der Waals surface area contributed by atoms with Crippen LogP contribution in [0, 0.1) is 0 Å². The van der Waals surface area contributed by atoms with E-state index in [0.29, 0.717) is 0 Å². The maximum absolute atomic E-state index is 11.9. The molecule has 0 atom stereocenters. The molecule has 2 N–H and O–H groups in total. The number of alkyl halides is 3. The van der Waals surface area contributed by atoms with Gasteiger partial charge in [0, 0.05) is 5.57 Å². The molecule has 1 amide bonds. The second-order valence-electron chi connectivity index (χ2n) is 2.92. The van der Waals surface area contributed by atoms with E-state index >= 15 is 0 Å². The number of benzene rings is 1. The van der Waals surface area contributed by atoms with Crippen LogP contribution in [0.3, 0.4) is 0 Å². The predicted octanol–water partition coefficient (Wildman–Crippen LogP) is 2.08. The van der Waals surface area contributed by atoms with Crippen LogP contribution in [0.1, 0.15) is 5.56 Å². The van der Waals surface area contributed by atoms with Gasteiger partial charge in [0.15, 0.2) is 0 Å². The first kappa shape index (κ1) is 12.1. The minimum atomic E-state index is -4.77. The molecule has 0 heterocycles. The van der Waals surface area contributed by atoms with E-state index in [1.54, 1.807) is 0 Å². The lowest BCUT2D eigenvalue weighted by Crippen LogP contribution is -2.17. The van der Waals surface area contributed by atoms with Gasteiger partial charge in [-0.05, 0) is 17.7 Å². The molecule has 0 saturated carbocycles. The number of halogens is 3. The number of rotatable bonds is 3. The van der Waals surface area contributed by atoms with Crippen molar-refractivity contribution in [3.8, 4) is 5.75 Å². The van der Waals surface area contributed by atoms with E-state index < -0.39 is 18.0 Å². The molecule has 3 nitrogen and oxygen atoms in total. The topological polar surface area (TPSA) is 52.3 Å². The number of ether oxygens (including phenoxy) is 1. The minimum absolute atomic E-state index is 0.0763. The summed E-state index contributed by atoms with van der Waals surface area (Å²) in [5.74, 6) is -1.23. The smallest absolute Gasteiger partial charge is 0.406 e. The summed E-state index contributed by atoms with van der Waals surface area (Å²) in [4.78, 5) is 10.8. The van der Waals surface area contributed by atoms with Crippen LogP contribution in [0.25, 0.3) is 5.57 Å². The predicted molar refractivity (Wildman–Crippen MR) is 51.4 cm³/mol. The molecule has 0 aliphatic heterocycles. The number of primary amides is 1. The standard InChI is InChI=1S/C10H8F3NO2/c1-6(9(14)15)7-3-2-4-8(5-7)16-10(11,12)13/h2-5H,1H2,(H2,14,15). The Balaban J connectivity index is 2.96. The first-order valence-electron chi connectivity index (χ1n) is 4.14. The highest BCUT2D eigenvalue weighted by atomic mass is 19.4. The molecule has 0 aromatic heterocycles. The van der Waals surface area contributed by atoms with Gasteiger partial charge in [0.2, 0.25) is 5.91 Å². The molecule has 0 aliphatic carbocycles. The molecule has 0 aliphatic rings. The average Bonchev–Trinajstić information content (AvgIpc) is 2.14. The van der Waals surface area contributed by atoms with Crippen molar-refractivity contribution in [2.75, 3.05) is 0 Å². The van der Waals surface area contributed by atoms with Crippen LogP contribution in [0.2, 0.25) is 0 Å². The van der Waals surface area contributed by atoms with Crippen molar-refractivity contribution in [1.82, 2.24) is 0 Å². The molecular formula is C10H8F3NO2. The van der Waals surface area contributed by atoms with Gasteiger partial charge in [-0.1, -0.05) is 18.7 Å². The van der Waals surface area contributed by atoms with Crippen molar-refractivity contribution >= 4 is 11.5 Å². The molecule has 6 heteroatoms. The number of carbonyl (C=O) groups is 1. The Morgan fingerprint density at radius 3 is 2.50 bits per heavy atom. The number of carbonyl (C=O) groups excluding carboxylic acids is 1. The fourth-order valence-corrected chi connectivity index (χ4v) is 1.02. The number of hydrogen-bond acceptors (Lipinski definition) is 2. The molecule has 0 spiro atoms. The van der Waals surface area contributed by atoms with Crippen LogP contribution in [-0.2, 0) is 4.79 Å². The molecule has 0 bridgehead atoms. The zero-order valence-corrected chi connectivity index (χ0v) is 8.04. The summed E-state index contributed by atoms with van der Waals surface area (Å²) in [5.41, 5.74) is 5.06. The van der Waals surface area contributed by atoms with Gasteiger partial charge in [0.1, 0.15) is 5.75 Å². The van der Waals surface area contributed by atoms with Gasteiger partial charge in [0.05, 0.1) is 0 Å². The zero-order valence-electron chi connectivity index (χ0n) is 8.04. The van der Waals surface area contributed by atoms with Crippen molar-refractivity contribution < 1.29 is 22.7 Å². The van der Waals surface area contributed by atoms with Gasteiger partial charge >= 0.3 is 6.36 Å². The number of nitrogens with two attached hydrogens (primary N) is 1. The lowest BCUT2D eigenvalue weighted by Gasteiger charge is -2.10. The van der Waals surface area contributed by atoms with Gasteiger partial charge in [0.25, 0.3) is 0 Å². The van der Waals surface area contributed by atoms with Gasteiger partial charge in [-0.15, -0.1) is 13.2 Å². The molecule has 1 aromatic carbocycles. The Kier molecular flexibility index (Phi) is 3.22. The van der Waals surface area contributed by atoms with E-state index in [2.05, 4.69) is 11.3 Å². The summed E-state index contributed by atoms with van der Waals surface area (Å²) in [7, 11) is 0. The van der Waals surface area contributed by atoms with Crippen LogP contribution in [0.15, 0.2) is 30.8 Å². The van der Waals surface area contributed by atoms with Gasteiger partial charge in [-0.2, -0.15) is 0 Å². The van der Waals surface area contributed by atoms with Crippen LogP contribution in [0.4, 0.5) is 13.2 Å². The van der Waals surface area contributed by atoms with Gasteiger partial charge < -0.3 is 10.5 Å². The monoisotopic (exact) mass is 231 g/mol. The normalized spacial score (nSPS) is 10.9. The first-order chi connectivity index (χ1) is 7.29. The third-order valence-electron chi connectivity index (χ3n) is 1.71. The summed E-state index contributed by atoms with van der Waals surface area (Å²) in [6.07, 6.45) is -4.77. The first-order valence-corrected chi connectivity index (χ1v) is 4.14. The highest BCUT2D eigenvalue weighted by Gasteiger charge is 2.31. The maximum Gasteiger partial charge on any atom is 0.573 e. The summed E-state index contributed by atoms with van der Waals surface area (Å²) < 4.78 is 39.4. The van der Waals surface area contributed by atoms with E-state index in [9.17, 15) is 18.0 Å². The Labute approximate surface area is 89.3 Å². The highest BCUT2D eigenvalue weighted by Crippen LogP contribution is 2.25. The largest absolute Gasteiger partial charge is 0.573 e. The fraction of sp³-hybridized carbons (Fsp3) is 0.100. The molecule has 1 aromatic rings. The van der Waals surface area contributed by atoms with Crippen molar-refractivity contribution in [2.24, 2.45) is 5.73 Å². The maximum atomic E-state index is 11.9. The fourth-order valence-electron chi connectivity index (χ4n) is 1.02. The Hall–Kier alpha value is -1.98. The van der Waals surface area contributed by atoms with Crippen LogP contribution >= 0.6 is 0 Å². The summed E-state index contributed by atoms with van der Waals surface area (Å²) in [5, 5.41) is 0. The van der Waals surface area contributed by atoms with Crippen molar-refractivity contribution in [1.29, 1.82) is 0 Å². The third kappa shape index (κ3) is 3.30. The van der Waals surface area contributed by atoms with E-state index in [1.807, 2.05) is 0 Å². The number of hydrogen-bond donors (Lipinski definition) is 1.